The maximum Gasteiger partial charge on any atom is 0.333 e. The van der Waals surface area contributed by atoms with Crippen LogP contribution in [0.25, 0.3) is 0 Å². The Kier molecular flexibility index (Phi) is 5.22. The van der Waals surface area contributed by atoms with E-state index in [-0.39, 0.29) is 5.69 Å². The Morgan fingerprint density at radius 3 is 2.61 bits per heavy atom. The van der Waals surface area contributed by atoms with Gasteiger partial charge in [-0.15, -0.1) is 0 Å². The van der Waals surface area contributed by atoms with Crippen LogP contribution in [0.3, 0.4) is 0 Å². The third-order valence-electron chi connectivity index (χ3n) is 2.21. The Balaban J connectivity index is 2.95. The molecular formula is C11H14N2O5. The second kappa shape index (κ2) is 6.67. The molecule has 0 saturated heterocycles. The predicted octanol–water partition coefficient (Wildman–Crippen LogP) is -0.381. The van der Waals surface area contributed by atoms with Gasteiger partial charge in [-0.25, -0.2) is 4.79 Å². The fourth-order valence-corrected chi connectivity index (χ4v) is 1.33. The second-order valence-corrected chi connectivity index (χ2v) is 3.25. The maximum atomic E-state index is 12.0. The van der Waals surface area contributed by atoms with Crippen molar-refractivity contribution >= 4 is 11.9 Å². The van der Waals surface area contributed by atoms with Gasteiger partial charge in [0.25, 0.3) is 5.91 Å². The lowest BCUT2D eigenvalue weighted by molar-refractivity contribution is -0.173. The Bertz CT molecular complexity index is 409. The largest absolute Gasteiger partial charge is 0.467 e. The van der Waals surface area contributed by atoms with Crippen LogP contribution in [0.2, 0.25) is 0 Å². The molecule has 0 radical (unpaired) electrons. The minimum atomic E-state index is -1.23. The van der Waals surface area contributed by atoms with Crippen LogP contribution in [-0.2, 0) is 14.4 Å². The highest BCUT2D eigenvalue weighted by Crippen LogP contribution is 2.08. The molecule has 18 heavy (non-hydrogen) atoms. The van der Waals surface area contributed by atoms with Crippen LogP contribution in [0.1, 0.15) is 10.5 Å². The van der Waals surface area contributed by atoms with E-state index < -0.39 is 24.5 Å². The van der Waals surface area contributed by atoms with Crippen LogP contribution in [0.15, 0.2) is 24.4 Å². The number of aliphatic hydroxyl groups is 1. The summed E-state index contributed by atoms with van der Waals surface area (Å²) < 4.78 is 4.48. The molecule has 0 aromatic carbocycles. The Hall–Kier alpha value is -1.99. The monoisotopic (exact) mass is 254 g/mol. The van der Waals surface area contributed by atoms with E-state index in [1.54, 1.807) is 12.1 Å². The Morgan fingerprint density at radius 2 is 2.17 bits per heavy atom. The number of pyridine rings is 1. The third-order valence-corrected chi connectivity index (χ3v) is 2.21. The summed E-state index contributed by atoms with van der Waals surface area (Å²) in [7, 11) is 2.37. The number of carbonyl (C=O) groups excluding carboxylic acids is 2. The lowest BCUT2D eigenvalue weighted by Crippen LogP contribution is -2.47. The molecule has 1 atom stereocenters. The number of hydrogen-bond acceptors (Lipinski definition) is 6. The second-order valence-electron chi connectivity index (χ2n) is 3.25. The summed E-state index contributed by atoms with van der Waals surface area (Å²) in [6.07, 6.45) is 1.44. The van der Waals surface area contributed by atoms with Crippen molar-refractivity contribution < 1.29 is 24.3 Å². The van der Waals surface area contributed by atoms with E-state index in [0.29, 0.717) is 0 Å². The smallest absolute Gasteiger partial charge is 0.333 e. The molecule has 1 heterocycles. The van der Waals surface area contributed by atoms with Gasteiger partial charge in [0.1, 0.15) is 5.69 Å². The number of ether oxygens (including phenoxy) is 1. The van der Waals surface area contributed by atoms with Crippen molar-refractivity contribution in [1.82, 2.24) is 10.0 Å². The number of esters is 1. The van der Waals surface area contributed by atoms with Crippen LogP contribution < -0.4 is 0 Å². The van der Waals surface area contributed by atoms with E-state index >= 15 is 0 Å². The molecule has 0 fully saturated rings. The zero-order valence-electron chi connectivity index (χ0n) is 10.1. The number of rotatable bonds is 5. The number of hydrogen-bond donors (Lipinski definition) is 1. The highest BCUT2D eigenvalue weighted by Gasteiger charge is 2.32. The topological polar surface area (TPSA) is 89.0 Å². The van der Waals surface area contributed by atoms with Crippen molar-refractivity contribution in [2.75, 3.05) is 20.8 Å². The van der Waals surface area contributed by atoms with Gasteiger partial charge in [0.05, 0.1) is 20.8 Å². The number of aromatic nitrogens is 1. The van der Waals surface area contributed by atoms with E-state index in [1.807, 2.05) is 0 Å². The van der Waals surface area contributed by atoms with Gasteiger partial charge in [-0.2, -0.15) is 5.06 Å². The van der Waals surface area contributed by atoms with Gasteiger partial charge < -0.3 is 9.84 Å². The predicted molar refractivity (Wildman–Crippen MR) is 60.3 cm³/mol. The number of methoxy groups -OCH3 is 1. The number of carbonyl (C=O) groups is 2. The highest BCUT2D eigenvalue weighted by atomic mass is 16.7. The third kappa shape index (κ3) is 3.02. The van der Waals surface area contributed by atoms with Crippen LogP contribution in [0, 0.1) is 0 Å². The van der Waals surface area contributed by atoms with Crippen molar-refractivity contribution in [2.24, 2.45) is 0 Å². The van der Waals surface area contributed by atoms with Crippen molar-refractivity contribution in [3.05, 3.63) is 30.1 Å². The molecule has 1 rings (SSSR count). The first-order chi connectivity index (χ1) is 8.65. The fourth-order valence-electron chi connectivity index (χ4n) is 1.33. The number of aliphatic hydroxyl groups excluding tert-OH is 1. The molecule has 0 saturated carbocycles. The molecule has 1 unspecified atom stereocenters. The van der Waals surface area contributed by atoms with Crippen molar-refractivity contribution in [2.45, 2.75) is 6.04 Å². The maximum absolute atomic E-state index is 12.0. The fraction of sp³-hybridized carbons (Fsp3) is 0.364. The van der Waals surface area contributed by atoms with Gasteiger partial charge in [0.15, 0.2) is 6.04 Å². The van der Waals surface area contributed by atoms with E-state index in [9.17, 15) is 9.59 Å². The summed E-state index contributed by atoms with van der Waals surface area (Å²) >= 11 is 0. The van der Waals surface area contributed by atoms with Gasteiger partial charge >= 0.3 is 5.97 Å². The van der Waals surface area contributed by atoms with Gasteiger partial charge in [-0.1, -0.05) is 6.07 Å². The van der Waals surface area contributed by atoms with Crippen molar-refractivity contribution in [3.63, 3.8) is 0 Å². The molecule has 0 aliphatic rings. The first kappa shape index (κ1) is 14.1. The Labute approximate surface area is 104 Å². The standard InChI is InChI=1S/C11H14N2O5/c1-17-11(16)9(7-14)13(18-2)10(15)8-5-3-4-6-12-8/h3-6,9,14H,7H2,1-2H3. The summed E-state index contributed by atoms with van der Waals surface area (Å²) in [6, 6.07) is 3.52. The zero-order chi connectivity index (χ0) is 13.5. The lowest BCUT2D eigenvalue weighted by Gasteiger charge is -2.25. The van der Waals surface area contributed by atoms with Crippen molar-refractivity contribution in [3.8, 4) is 0 Å². The van der Waals surface area contributed by atoms with Crippen LogP contribution in [-0.4, -0.2) is 53.9 Å². The SMILES string of the molecule is COC(=O)C(CO)N(OC)C(=O)c1ccccn1. The highest BCUT2D eigenvalue weighted by molar-refractivity contribution is 5.94. The molecule has 1 aromatic heterocycles. The Morgan fingerprint density at radius 1 is 1.44 bits per heavy atom. The van der Waals surface area contributed by atoms with Gasteiger partial charge in [-0.3, -0.25) is 14.6 Å². The number of hydroxylamine groups is 2. The normalized spacial score (nSPS) is 11.7. The summed E-state index contributed by atoms with van der Waals surface area (Å²) in [5.74, 6) is -1.41. The molecule has 0 aliphatic carbocycles. The summed E-state index contributed by atoms with van der Waals surface area (Å²) in [5, 5.41) is 9.86. The van der Waals surface area contributed by atoms with E-state index in [0.717, 1.165) is 12.2 Å². The quantitative estimate of drug-likeness (QED) is 0.569. The first-order valence-corrected chi connectivity index (χ1v) is 5.13. The number of nitrogens with zero attached hydrogens (tertiary/aromatic N) is 2. The number of amides is 1. The summed E-state index contributed by atoms with van der Waals surface area (Å²) in [5.41, 5.74) is 0.0988. The molecular weight excluding hydrogens is 240 g/mol. The molecule has 0 bridgehead atoms. The minimum Gasteiger partial charge on any atom is -0.467 e. The van der Waals surface area contributed by atoms with Crippen molar-refractivity contribution in [1.29, 1.82) is 0 Å². The van der Waals surface area contributed by atoms with Gasteiger partial charge in [0, 0.05) is 6.20 Å². The van der Waals surface area contributed by atoms with E-state index in [2.05, 4.69) is 9.72 Å². The van der Waals surface area contributed by atoms with Gasteiger partial charge in [-0.05, 0) is 12.1 Å². The first-order valence-electron chi connectivity index (χ1n) is 5.13. The van der Waals surface area contributed by atoms with Crippen LogP contribution in [0.5, 0.6) is 0 Å². The van der Waals surface area contributed by atoms with Crippen LogP contribution >= 0.6 is 0 Å². The zero-order valence-corrected chi connectivity index (χ0v) is 10.1. The molecule has 1 amide bonds. The summed E-state index contributed by atoms with van der Waals surface area (Å²) in [4.78, 5) is 32.1. The molecule has 1 N–H and O–H groups in total. The van der Waals surface area contributed by atoms with Gasteiger partial charge in [0.2, 0.25) is 0 Å². The summed E-state index contributed by atoms with van der Waals surface area (Å²) in [6.45, 7) is -0.612. The minimum absolute atomic E-state index is 0.0988. The lowest BCUT2D eigenvalue weighted by atomic mass is 10.2. The average Bonchev–Trinajstić information content (AvgIpc) is 2.44. The molecule has 98 valence electrons. The molecule has 1 aromatic rings. The van der Waals surface area contributed by atoms with Crippen LogP contribution in [0.4, 0.5) is 0 Å². The molecule has 0 spiro atoms. The molecule has 7 nitrogen and oxygen atoms in total. The molecule has 7 heteroatoms. The average molecular weight is 254 g/mol. The van der Waals surface area contributed by atoms with E-state index in [4.69, 9.17) is 9.94 Å². The molecule has 0 aliphatic heterocycles. The van der Waals surface area contributed by atoms with E-state index in [1.165, 1.54) is 19.4 Å².